The summed E-state index contributed by atoms with van der Waals surface area (Å²) in [6, 6.07) is 8.97. The SMILES string of the molecule is Cn1cnnc1SCCC(=O)Nc1ccccc1C#N. The fraction of sp³-hybridized carbons (Fsp3) is 0.231. The van der Waals surface area contributed by atoms with Gasteiger partial charge in [0.2, 0.25) is 5.91 Å². The Morgan fingerprint density at radius 3 is 3.00 bits per heavy atom. The summed E-state index contributed by atoms with van der Waals surface area (Å²) >= 11 is 1.47. The van der Waals surface area contributed by atoms with E-state index in [0.717, 1.165) is 5.16 Å². The fourth-order valence-electron chi connectivity index (χ4n) is 1.54. The van der Waals surface area contributed by atoms with Gasteiger partial charge in [0.25, 0.3) is 0 Å². The van der Waals surface area contributed by atoms with E-state index in [4.69, 9.17) is 5.26 Å². The minimum atomic E-state index is -0.123. The van der Waals surface area contributed by atoms with Crippen LogP contribution in [0.5, 0.6) is 0 Å². The highest BCUT2D eigenvalue weighted by Crippen LogP contribution is 2.16. The van der Waals surface area contributed by atoms with Crippen molar-refractivity contribution in [3.05, 3.63) is 36.2 Å². The molecule has 2 aromatic rings. The smallest absolute Gasteiger partial charge is 0.225 e. The molecule has 0 fully saturated rings. The number of hydrogen-bond acceptors (Lipinski definition) is 5. The molecule has 0 saturated heterocycles. The van der Waals surface area contributed by atoms with Gasteiger partial charge in [0.15, 0.2) is 5.16 Å². The molecule has 6 nitrogen and oxygen atoms in total. The number of amides is 1. The molecule has 0 aliphatic heterocycles. The highest BCUT2D eigenvalue weighted by Gasteiger charge is 2.07. The molecule has 0 spiro atoms. The summed E-state index contributed by atoms with van der Waals surface area (Å²) in [5, 5.41) is 20.1. The van der Waals surface area contributed by atoms with Gasteiger partial charge in [-0.3, -0.25) is 4.79 Å². The number of aromatic nitrogens is 3. The molecule has 0 unspecified atom stereocenters. The third-order valence-corrected chi connectivity index (χ3v) is 3.59. The van der Waals surface area contributed by atoms with E-state index in [0.29, 0.717) is 23.4 Å². The van der Waals surface area contributed by atoms with Crippen molar-refractivity contribution in [3.8, 4) is 6.07 Å². The quantitative estimate of drug-likeness (QED) is 0.848. The molecular weight excluding hydrogens is 274 g/mol. The number of nitriles is 1. The zero-order valence-electron chi connectivity index (χ0n) is 10.9. The monoisotopic (exact) mass is 287 g/mol. The van der Waals surface area contributed by atoms with Gasteiger partial charge in [-0.2, -0.15) is 5.26 Å². The first-order valence-corrected chi connectivity index (χ1v) is 6.95. The van der Waals surface area contributed by atoms with Crippen molar-refractivity contribution in [1.29, 1.82) is 5.26 Å². The van der Waals surface area contributed by atoms with Gasteiger partial charge in [0, 0.05) is 19.2 Å². The topological polar surface area (TPSA) is 83.6 Å². The fourth-order valence-corrected chi connectivity index (χ4v) is 2.37. The van der Waals surface area contributed by atoms with Crippen molar-refractivity contribution in [2.75, 3.05) is 11.1 Å². The maximum Gasteiger partial charge on any atom is 0.225 e. The van der Waals surface area contributed by atoms with Crippen molar-refractivity contribution in [1.82, 2.24) is 14.8 Å². The van der Waals surface area contributed by atoms with Crippen LogP contribution >= 0.6 is 11.8 Å². The highest BCUT2D eigenvalue weighted by atomic mass is 32.2. The molecule has 0 saturated carbocycles. The molecule has 7 heteroatoms. The van der Waals surface area contributed by atoms with E-state index in [-0.39, 0.29) is 5.91 Å². The Balaban J connectivity index is 1.84. The summed E-state index contributed by atoms with van der Waals surface area (Å²) < 4.78 is 1.80. The third kappa shape index (κ3) is 3.59. The number of thioether (sulfide) groups is 1. The van der Waals surface area contributed by atoms with Crippen molar-refractivity contribution in [2.24, 2.45) is 7.05 Å². The predicted molar refractivity (Wildman–Crippen MR) is 76.1 cm³/mol. The first-order chi connectivity index (χ1) is 9.70. The number of nitrogens with one attached hydrogen (secondary N) is 1. The van der Waals surface area contributed by atoms with Gasteiger partial charge in [-0.1, -0.05) is 23.9 Å². The van der Waals surface area contributed by atoms with E-state index in [2.05, 4.69) is 15.5 Å². The molecule has 1 heterocycles. The van der Waals surface area contributed by atoms with Crippen LogP contribution in [0.3, 0.4) is 0 Å². The van der Waals surface area contributed by atoms with Crippen LogP contribution in [0.25, 0.3) is 0 Å². The van der Waals surface area contributed by atoms with Crippen LogP contribution < -0.4 is 5.32 Å². The second-order valence-electron chi connectivity index (χ2n) is 4.03. The molecule has 2 rings (SSSR count). The molecule has 0 aliphatic carbocycles. The summed E-state index contributed by atoms with van der Waals surface area (Å²) in [5.74, 6) is 0.481. The Morgan fingerprint density at radius 1 is 1.50 bits per heavy atom. The molecule has 0 bridgehead atoms. The number of aryl methyl sites for hydroxylation is 1. The van der Waals surface area contributed by atoms with E-state index < -0.39 is 0 Å². The van der Waals surface area contributed by atoms with E-state index in [1.165, 1.54) is 11.8 Å². The second kappa shape index (κ2) is 6.73. The summed E-state index contributed by atoms with van der Waals surface area (Å²) in [4.78, 5) is 11.8. The Bertz CT molecular complexity index is 646. The van der Waals surface area contributed by atoms with Gasteiger partial charge in [0.05, 0.1) is 11.3 Å². The lowest BCUT2D eigenvalue weighted by Gasteiger charge is -2.06. The highest BCUT2D eigenvalue weighted by molar-refractivity contribution is 7.99. The van der Waals surface area contributed by atoms with Crippen LogP contribution in [0.15, 0.2) is 35.7 Å². The van der Waals surface area contributed by atoms with Crippen LogP contribution in [0.1, 0.15) is 12.0 Å². The second-order valence-corrected chi connectivity index (χ2v) is 5.09. The van der Waals surface area contributed by atoms with Crippen LogP contribution in [-0.4, -0.2) is 26.4 Å². The number of carbonyl (C=O) groups is 1. The van der Waals surface area contributed by atoms with Crippen LogP contribution in [0, 0.1) is 11.3 Å². The molecule has 0 radical (unpaired) electrons. The number of hydrogen-bond donors (Lipinski definition) is 1. The van der Waals surface area contributed by atoms with E-state index in [1.54, 1.807) is 35.2 Å². The lowest BCUT2D eigenvalue weighted by Crippen LogP contribution is -2.13. The average molecular weight is 287 g/mol. The van der Waals surface area contributed by atoms with Gasteiger partial charge >= 0.3 is 0 Å². The minimum Gasteiger partial charge on any atom is -0.325 e. The van der Waals surface area contributed by atoms with Crippen LogP contribution in [-0.2, 0) is 11.8 Å². The normalized spacial score (nSPS) is 10.0. The zero-order chi connectivity index (χ0) is 14.4. The van der Waals surface area contributed by atoms with Crippen molar-refractivity contribution in [3.63, 3.8) is 0 Å². The number of anilines is 1. The molecule has 1 aromatic carbocycles. The molecule has 102 valence electrons. The number of benzene rings is 1. The summed E-state index contributed by atoms with van der Waals surface area (Å²) in [7, 11) is 1.85. The van der Waals surface area contributed by atoms with E-state index in [9.17, 15) is 4.79 Å². The molecular formula is C13H13N5OS. The number of carbonyl (C=O) groups excluding carboxylic acids is 1. The molecule has 1 amide bonds. The maximum atomic E-state index is 11.8. The largest absolute Gasteiger partial charge is 0.325 e. The standard InChI is InChI=1S/C13H13N5OS/c1-18-9-15-17-13(18)20-7-6-12(19)16-11-5-3-2-4-10(11)8-14/h2-5,9H,6-7H2,1H3,(H,16,19). The lowest BCUT2D eigenvalue weighted by molar-refractivity contribution is -0.115. The first-order valence-electron chi connectivity index (χ1n) is 5.96. The van der Waals surface area contributed by atoms with Gasteiger partial charge in [-0.15, -0.1) is 10.2 Å². The third-order valence-electron chi connectivity index (χ3n) is 2.55. The van der Waals surface area contributed by atoms with Gasteiger partial charge in [-0.05, 0) is 12.1 Å². The molecule has 1 aromatic heterocycles. The maximum absolute atomic E-state index is 11.8. The van der Waals surface area contributed by atoms with Gasteiger partial charge in [0.1, 0.15) is 12.4 Å². The number of nitrogens with zero attached hydrogens (tertiary/aromatic N) is 4. The average Bonchev–Trinajstić information content (AvgIpc) is 2.85. The van der Waals surface area contributed by atoms with Gasteiger partial charge in [-0.25, -0.2) is 0 Å². The molecule has 0 atom stereocenters. The Hall–Kier alpha value is -2.33. The van der Waals surface area contributed by atoms with Crippen molar-refractivity contribution in [2.45, 2.75) is 11.6 Å². The Morgan fingerprint density at radius 2 is 2.30 bits per heavy atom. The van der Waals surface area contributed by atoms with Crippen LogP contribution in [0.2, 0.25) is 0 Å². The van der Waals surface area contributed by atoms with Gasteiger partial charge < -0.3 is 9.88 Å². The summed E-state index contributed by atoms with van der Waals surface area (Å²) in [5.41, 5.74) is 1.01. The summed E-state index contributed by atoms with van der Waals surface area (Å²) in [6.45, 7) is 0. The summed E-state index contributed by atoms with van der Waals surface area (Å²) in [6.07, 6.45) is 1.96. The zero-order valence-corrected chi connectivity index (χ0v) is 11.7. The predicted octanol–water partition coefficient (Wildman–Crippen LogP) is 1.81. The number of para-hydroxylation sites is 1. The number of rotatable bonds is 5. The first kappa shape index (κ1) is 14.1. The van der Waals surface area contributed by atoms with Crippen LogP contribution in [0.4, 0.5) is 5.69 Å². The van der Waals surface area contributed by atoms with Crippen molar-refractivity contribution >= 4 is 23.4 Å². The molecule has 20 heavy (non-hydrogen) atoms. The minimum absolute atomic E-state index is 0.123. The molecule has 1 N–H and O–H groups in total. The lowest BCUT2D eigenvalue weighted by atomic mass is 10.2. The molecule has 0 aliphatic rings. The Kier molecular flexibility index (Phi) is 4.74. The Labute approximate surface area is 120 Å². The van der Waals surface area contributed by atoms with Crippen molar-refractivity contribution < 1.29 is 4.79 Å². The van der Waals surface area contributed by atoms with E-state index in [1.807, 2.05) is 13.1 Å². The van der Waals surface area contributed by atoms with E-state index >= 15 is 0 Å².